The van der Waals surface area contributed by atoms with Crippen LogP contribution >= 0.6 is 0 Å². The first-order valence-corrected chi connectivity index (χ1v) is 9.40. The maximum atomic E-state index is 15.0. The third-order valence-electron chi connectivity index (χ3n) is 6.19. The van der Waals surface area contributed by atoms with E-state index in [4.69, 9.17) is 5.73 Å². The van der Waals surface area contributed by atoms with E-state index in [1.165, 1.54) is 9.47 Å². The van der Waals surface area contributed by atoms with Gasteiger partial charge in [0, 0.05) is 30.7 Å². The fraction of sp³-hybridized carbons (Fsp3) is 0.667. The van der Waals surface area contributed by atoms with Crippen LogP contribution in [0.5, 0.6) is 0 Å². The van der Waals surface area contributed by atoms with E-state index in [2.05, 4.69) is 4.98 Å². The van der Waals surface area contributed by atoms with Crippen molar-refractivity contribution in [2.24, 2.45) is 17.6 Å². The molecule has 0 radical (unpaired) electrons. The van der Waals surface area contributed by atoms with Gasteiger partial charge in [-0.25, -0.2) is 9.18 Å². The van der Waals surface area contributed by atoms with Crippen LogP contribution in [0.2, 0.25) is 0 Å². The van der Waals surface area contributed by atoms with Gasteiger partial charge in [0.15, 0.2) is 0 Å². The molecule has 4 unspecified atom stereocenters. The number of aromatic nitrogens is 2. The van der Waals surface area contributed by atoms with E-state index in [1.807, 2.05) is 0 Å². The number of fused-ring (bicyclic) bond motifs is 1. The summed E-state index contributed by atoms with van der Waals surface area (Å²) in [5.41, 5.74) is 4.80. The molecular weight excluding hydrogens is 380 g/mol. The Kier molecular flexibility index (Phi) is 4.53. The molecule has 1 saturated heterocycles. The summed E-state index contributed by atoms with van der Waals surface area (Å²) in [5, 5.41) is 0. The van der Waals surface area contributed by atoms with Crippen molar-refractivity contribution in [3.05, 3.63) is 37.9 Å². The molecular formula is C18H22F4N4O2. The molecule has 154 valence electrons. The van der Waals surface area contributed by atoms with Gasteiger partial charge in [0.05, 0.1) is 17.5 Å². The van der Waals surface area contributed by atoms with Crippen LogP contribution < -0.4 is 17.0 Å². The van der Waals surface area contributed by atoms with Gasteiger partial charge in [0.1, 0.15) is 5.83 Å². The minimum Gasteiger partial charge on any atom is -0.330 e. The van der Waals surface area contributed by atoms with Gasteiger partial charge >= 0.3 is 11.9 Å². The van der Waals surface area contributed by atoms with E-state index >= 15 is 0 Å². The molecule has 1 aromatic rings. The maximum absolute atomic E-state index is 15.0. The first-order chi connectivity index (χ1) is 13.1. The average Bonchev–Trinajstić information content (AvgIpc) is 3.33. The van der Waals surface area contributed by atoms with Crippen LogP contribution in [-0.2, 0) is 0 Å². The molecule has 2 fully saturated rings. The highest BCUT2D eigenvalue weighted by atomic mass is 19.4. The molecule has 4 atom stereocenters. The highest BCUT2D eigenvalue weighted by Gasteiger charge is 2.52. The Bertz CT molecular complexity index is 931. The van der Waals surface area contributed by atoms with E-state index in [1.54, 1.807) is 6.92 Å². The van der Waals surface area contributed by atoms with Crippen LogP contribution in [0, 0.1) is 11.8 Å². The highest BCUT2D eigenvalue weighted by Crippen LogP contribution is 2.44. The summed E-state index contributed by atoms with van der Waals surface area (Å²) >= 11 is 0. The van der Waals surface area contributed by atoms with Crippen LogP contribution in [0.15, 0.2) is 15.4 Å². The summed E-state index contributed by atoms with van der Waals surface area (Å²) in [6, 6.07) is -1.02. The van der Waals surface area contributed by atoms with Gasteiger partial charge in [-0.1, -0.05) is 6.92 Å². The first kappa shape index (κ1) is 19.4. The summed E-state index contributed by atoms with van der Waals surface area (Å²) in [4.78, 5) is 28.2. The van der Waals surface area contributed by atoms with Gasteiger partial charge in [-0.15, -0.1) is 0 Å². The Balaban J connectivity index is 1.75. The fourth-order valence-corrected chi connectivity index (χ4v) is 4.72. The maximum Gasteiger partial charge on any atom is 0.393 e. The summed E-state index contributed by atoms with van der Waals surface area (Å²) in [7, 11) is 0. The summed E-state index contributed by atoms with van der Waals surface area (Å²) < 4.78 is 56.6. The van der Waals surface area contributed by atoms with Gasteiger partial charge in [-0.2, -0.15) is 13.2 Å². The predicted octanol–water partition coefficient (Wildman–Crippen LogP) is 1.74. The van der Waals surface area contributed by atoms with Crippen molar-refractivity contribution in [2.45, 2.75) is 43.9 Å². The first-order valence-electron chi connectivity index (χ1n) is 9.40. The number of likely N-dealkylation sites (tertiary alicyclic amines) is 1. The quantitative estimate of drug-likeness (QED) is 0.755. The zero-order valence-corrected chi connectivity index (χ0v) is 15.3. The molecule has 3 N–H and O–H groups in total. The van der Waals surface area contributed by atoms with Crippen LogP contribution in [0.3, 0.4) is 0 Å². The minimum absolute atomic E-state index is 0.0170. The van der Waals surface area contributed by atoms with E-state index < -0.39 is 47.0 Å². The molecule has 1 aromatic heterocycles. The number of nitrogens with one attached hydrogen (secondary N) is 1. The predicted molar refractivity (Wildman–Crippen MR) is 94.5 cm³/mol. The number of nitrogens with two attached hydrogens (primary N) is 1. The number of aromatic amines is 1. The van der Waals surface area contributed by atoms with Crippen LogP contribution in [0.25, 0.3) is 6.08 Å². The monoisotopic (exact) mass is 402 g/mol. The summed E-state index contributed by atoms with van der Waals surface area (Å²) in [6.45, 7) is 1.18. The number of hydrogen-bond donors (Lipinski definition) is 2. The molecule has 2 heterocycles. The normalized spacial score (nSPS) is 31.0. The Morgan fingerprint density at radius 2 is 1.93 bits per heavy atom. The van der Waals surface area contributed by atoms with Crippen molar-refractivity contribution in [2.75, 3.05) is 19.6 Å². The fourth-order valence-electron chi connectivity index (χ4n) is 4.72. The van der Waals surface area contributed by atoms with Crippen molar-refractivity contribution in [3.8, 4) is 0 Å². The molecule has 10 heteroatoms. The number of hydrogen-bond acceptors (Lipinski definition) is 4. The van der Waals surface area contributed by atoms with Gasteiger partial charge < -0.3 is 5.73 Å². The molecule has 28 heavy (non-hydrogen) atoms. The van der Waals surface area contributed by atoms with Crippen molar-refractivity contribution >= 4 is 6.08 Å². The van der Waals surface area contributed by atoms with E-state index in [0.717, 1.165) is 18.9 Å². The van der Waals surface area contributed by atoms with Gasteiger partial charge in [-0.05, 0) is 31.4 Å². The second kappa shape index (κ2) is 6.55. The van der Waals surface area contributed by atoms with Crippen LogP contribution in [0.1, 0.15) is 43.0 Å². The SMILES string of the molecule is CC1c2c(c(=O)[nH]c(=O)n2C2CC2)C=C(F)C1N1CC(CN)C(C(F)(F)F)C1. The third-order valence-corrected chi connectivity index (χ3v) is 6.19. The lowest BCUT2D eigenvalue weighted by atomic mass is 9.87. The lowest BCUT2D eigenvalue weighted by molar-refractivity contribution is -0.179. The summed E-state index contributed by atoms with van der Waals surface area (Å²) in [5.74, 6) is -3.74. The Morgan fingerprint density at radius 3 is 2.46 bits per heavy atom. The largest absolute Gasteiger partial charge is 0.393 e. The van der Waals surface area contributed by atoms with Crippen molar-refractivity contribution in [1.82, 2.24) is 14.5 Å². The van der Waals surface area contributed by atoms with E-state index in [0.29, 0.717) is 5.69 Å². The Hall–Kier alpha value is -1.94. The second-order valence-corrected chi connectivity index (χ2v) is 8.02. The molecule has 0 spiro atoms. The van der Waals surface area contributed by atoms with Gasteiger partial charge in [0.2, 0.25) is 0 Å². The van der Waals surface area contributed by atoms with Crippen LogP contribution in [-0.4, -0.2) is 46.3 Å². The smallest absolute Gasteiger partial charge is 0.330 e. The molecule has 1 aliphatic heterocycles. The molecule has 0 bridgehead atoms. The van der Waals surface area contributed by atoms with Crippen LogP contribution in [0.4, 0.5) is 17.6 Å². The lowest BCUT2D eigenvalue weighted by Gasteiger charge is -2.36. The Labute approximate surface area is 158 Å². The standard InChI is InChI=1S/C18H22F4N4O2/c1-8-14-11(16(27)24-17(28)26(14)10-2-3-10)4-13(19)15(8)25-6-9(5-23)12(7-25)18(20,21)22/h4,8-10,12,15H,2-3,5-7,23H2,1H3,(H,24,27,28). The number of alkyl halides is 3. The zero-order chi connectivity index (χ0) is 20.4. The number of H-pyrrole nitrogens is 1. The van der Waals surface area contributed by atoms with E-state index in [-0.39, 0.29) is 31.2 Å². The molecule has 3 aliphatic rings. The third kappa shape index (κ3) is 3.02. The highest BCUT2D eigenvalue weighted by molar-refractivity contribution is 5.59. The van der Waals surface area contributed by atoms with E-state index in [9.17, 15) is 27.2 Å². The summed E-state index contributed by atoms with van der Waals surface area (Å²) in [6.07, 6.45) is -1.80. The molecule has 1 saturated carbocycles. The Morgan fingerprint density at radius 1 is 1.25 bits per heavy atom. The van der Waals surface area contributed by atoms with Gasteiger partial charge in [0.25, 0.3) is 5.56 Å². The minimum atomic E-state index is -4.41. The van der Waals surface area contributed by atoms with Crippen molar-refractivity contribution < 1.29 is 17.6 Å². The number of nitrogens with zero attached hydrogens (tertiary/aromatic N) is 2. The lowest BCUT2D eigenvalue weighted by Crippen LogP contribution is -2.45. The number of halogens is 4. The average molecular weight is 402 g/mol. The molecule has 4 rings (SSSR count). The molecule has 0 amide bonds. The topological polar surface area (TPSA) is 84.1 Å². The van der Waals surface area contributed by atoms with Crippen molar-refractivity contribution in [3.63, 3.8) is 0 Å². The van der Waals surface area contributed by atoms with Gasteiger partial charge in [-0.3, -0.25) is 19.2 Å². The second-order valence-electron chi connectivity index (χ2n) is 8.02. The molecule has 2 aliphatic carbocycles. The molecule has 6 nitrogen and oxygen atoms in total. The molecule has 0 aromatic carbocycles. The number of rotatable bonds is 3. The zero-order valence-electron chi connectivity index (χ0n) is 15.3. The van der Waals surface area contributed by atoms with Crippen molar-refractivity contribution in [1.29, 1.82) is 0 Å².